The van der Waals surface area contributed by atoms with E-state index in [4.69, 9.17) is 11.6 Å². The minimum atomic E-state index is -1.18. The number of rotatable bonds is 2. The molecule has 2 aromatic rings. The standard InChI is InChI=1S/C13H8BrClF2O/c14-8-1-2-12(15)11(5-8)13(18)7-3-9(16)6-10(17)4-7/h1-6,13,18H. The summed E-state index contributed by atoms with van der Waals surface area (Å²) in [6, 6.07) is 7.81. The number of benzene rings is 2. The van der Waals surface area contributed by atoms with E-state index in [1.54, 1.807) is 18.2 Å². The second-order valence-electron chi connectivity index (χ2n) is 3.77. The van der Waals surface area contributed by atoms with E-state index in [9.17, 15) is 13.9 Å². The first-order valence-electron chi connectivity index (χ1n) is 5.06. The van der Waals surface area contributed by atoms with Crippen molar-refractivity contribution in [3.63, 3.8) is 0 Å². The van der Waals surface area contributed by atoms with Crippen molar-refractivity contribution in [1.29, 1.82) is 0 Å². The number of hydrogen-bond donors (Lipinski definition) is 1. The summed E-state index contributed by atoms with van der Waals surface area (Å²) in [5.74, 6) is -1.48. The van der Waals surface area contributed by atoms with Gasteiger partial charge >= 0.3 is 0 Å². The van der Waals surface area contributed by atoms with Gasteiger partial charge in [0.15, 0.2) is 0 Å². The van der Waals surface area contributed by atoms with Crippen LogP contribution in [0.25, 0.3) is 0 Å². The minimum absolute atomic E-state index is 0.118. The summed E-state index contributed by atoms with van der Waals surface area (Å²) in [6.07, 6.45) is -1.18. The topological polar surface area (TPSA) is 20.2 Å². The maximum Gasteiger partial charge on any atom is 0.126 e. The molecule has 0 heterocycles. The second kappa shape index (κ2) is 5.34. The molecule has 0 saturated carbocycles. The number of aliphatic hydroxyl groups excluding tert-OH is 1. The number of halogens is 4. The summed E-state index contributed by atoms with van der Waals surface area (Å²) >= 11 is 9.20. The monoisotopic (exact) mass is 332 g/mol. The van der Waals surface area contributed by atoms with Crippen molar-refractivity contribution in [3.8, 4) is 0 Å². The van der Waals surface area contributed by atoms with Gasteiger partial charge in [-0.1, -0.05) is 27.5 Å². The Hall–Kier alpha value is -0.970. The van der Waals surface area contributed by atoms with E-state index in [2.05, 4.69) is 15.9 Å². The Kier molecular flexibility index (Phi) is 4.00. The van der Waals surface area contributed by atoms with Gasteiger partial charge in [-0.15, -0.1) is 0 Å². The predicted molar refractivity (Wildman–Crippen MR) is 69.6 cm³/mol. The van der Waals surface area contributed by atoms with Crippen LogP contribution in [0.2, 0.25) is 5.02 Å². The summed E-state index contributed by atoms with van der Waals surface area (Å²) in [6.45, 7) is 0. The number of hydrogen-bond acceptors (Lipinski definition) is 1. The zero-order valence-electron chi connectivity index (χ0n) is 9.00. The molecule has 0 radical (unpaired) electrons. The third-order valence-electron chi connectivity index (χ3n) is 2.45. The molecular formula is C13H8BrClF2O. The molecule has 5 heteroatoms. The van der Waals surface area contributed by atoms with Gasteiger partial charge in [-0.25, -0.2) is 8.78 Å². The van der Waals surface area contributed by atoms with Crippen molar-refractivity contribution in [3.05, 3.63) is 68.7 Å². The molecule has 1 unspecified atom stereocenters. The first-order valence-corrected chi connectivity index (χ1v) is 6.23. The fourth-order valence-corrected chi connectivity index (χ4v) is 2.24. The van der Waals surface area contributed by atoms with Gasteiger partial charge in [0.25, 0.3) is 0 Å². The molecule has 1 N–H and O–H groups in total. The van der Waals surface area contributed by atoms with Crippen LogP contribution in [0.3, 0.4) is 0 Å². The first kappa shape index (κ1) is 13.5. The SMILES string of the molecule is OC(c1cc(F)cc(F)c1)c1cc(Br)ccc1Cl. The zero-order valence-corrected chi connectivity index (χ0v) is 11.3. The quantitative estimate of drug-likeness (QED) is 0.860. The molecule has 18 heavy (non-hydrogen) atoms. The van der Waals surface area contributed by atoms with Crippen LogP contribution in [0.5, 0.6) is 0 Å². The van der Waals surface area contributed by atoms with Crippen molar-refractivity contribution >= 4 is 27.5 Å². The zero-order chi connectivity index (χ0) is 13.3. The van der Waals surface area contributed by atoms with Crippen LogP contribution < -0.4 is 0 Å². The van der Waals surface area contributed by atoms with Crippen molar-refractivity contribution < 1.29 is 13.9 Å². The van der Waals surface area contributed by atoms with Crippen LogP contribution in [0, 0.1) is 11.6 Å². The van der Waals surface area contributed by atoms with E-state index in [0.29, 0.717) is 10.6 Å². The summed E-state index contributed by atoms with van der Waals surface area (Å²) in [7, 11) is 0. The fourth-order valence-electron chi connectivity index (χ4n) is 1.64. The predicted octanol–water partition coefficient (Wildman–Crippen LogP) is 4.46. The largest absolute Gasteiger partial charge is 0.384 e. The highest BCUT2D eigenvalue weighted by Crippen LogP contribution is 2.31. The molecule has 0 amide bonds. The van der Waals surface area contributed by atoms with E-state index in [1.807, 2.05) is 0 Å². The van der Waals surface area contributed by atoms with Gasteiger partial charge in [-0.05, 0) is 35.9 Å². The molecule has 94 valence electrons. The van der Waals surface area contributed by atoms with E-state index < -0.39 is 17.7 Å². The van der Waals surface area contributed by atoms with Gasteiger partial charge in [0.1, 0.15) is 17.7 Å². The molecule has 0 aliphatic heterocycles. The lowest BCUT2D eigenvalue weighted by Gasteiger charge is -2.14. The van der Waals surface area contributed by atoms with Crippen LogP contribution >= 0.6 is 27.5 Å². The first-order chi connectivity index (χ1) is 8.47. The molecule has 1 atom stereocenters. The third-order valence-corrected chi connectivity index (χ3v) is 3.29. The second-order valence-corrected chi connectivity index (χ2v) is 5.09. The minimum Gasteiger partial charge on any atom is -0.384 e. The van der Waals surface area contributed by atoms with Gasteiger partial charge in [-0.2, -0.15) is 0 Å². The molecule has 1 nitrogen and oxygen atoms in total. The molecule has 0 spiro atoms. The van der Waals surface area contributed by atoms with E-state index >= 15 is 0 Å². The third kappa shape index (κ3) is 2.88. The Balaban J connectivity index is 2.47. The van der Waals surface area contributed by atoms with Crippen LogP contribution in [-0.4, -0.2) is 5.11 Å². The van der Waals surface area contributed by atoms with Crippen LogP contribution in [0.4, 0.5) is 8.78 Å². The molecule has 2 aromatic carbocycles. The summed E-state index contributed by atoms with van der Waals surface area (Å²) in [5, 5.41) is 10.4. The summed E-state index contributed by atoms with van der Waals surface area (Å²) in [4.78, 5) is 0. The average molecular weight is 334 g/mol. The molecule has 0 saturated heterocycles. The fraction of sp³-hybridized carbons (Fsp3) is 0.0769. The highest BCUT2D eigenvalue weighted by Gasteiger charge is 2.16. The van der Waals surface area contributed by atoms with Crippen LogP contribution in [-0.2, 0) is 0 Å². The van der Waals surface area contributed by atoms with Gasteiger partial charge in [-0.3, -0.25) is 0 Å². The smallest absolute Gasteiger partial charge is 0.126 e. The Bertz CT molecular complexity index is 569. The van der Waals surface area contributed by atoms with Crippen LogP contribution in [0.1, 0.15) is 17.2 Å². The van der Waals surface area contributed by atoms with Crippen molar-refractivity contribution in [2.75, 3.05) is 0 Å². The Morgan fingerprint density at radius 2 is 1.67 bits per heavy atom. The van der Waals surface area contributed by atoms with Crippen molar-refractivity contribution in [2.45, 2.75) is 6.10 Å². The molecule has 2 rings (SSSR count). The Labute approximate surface area is 116 Å². The molecule has 0 aliphatic rings. The van der Waals surface area contributed by atoms with Crippen molar-refractivity contribution in [2.24, 2.45) is 0 Å². The lowest BCUT2D eigenvalue weighted by atomic mass is 10.0. The molecular weight excluding hydrogens is 325 g/mol. The number of aliphatic hydroxyl groups is 1. The molecule has 0 aromatic heterocycles. The maximum absolute atomic E-state index is 13.1. The van der Waals surface area contributed by atoms with Gasteiger partial charge in [0.05, 0.1) is 0 Å². The highest BCUT2D eigenvalue weighted by molar-refractivity contribution is 9.10. The molecule has 0 fully saturated rings. The molecule has 0 bridgehead atoms. The van der Waals surface area contributed by atoms with Gasteiger partial charge in [0, 0.05) is 21.1 Å². The average Bonchev–Trinajstić information content (AvgIpc) is 2.30. The lowest BCUT2D eigenvalue weighted by Crippen LogP contribution is -2.02. The Morgan fingerprint density at radius 1 is 1.06 bits per heavy atom. The van der Waals surface area contributed by atoms with Crippen molar-refractivity contribution in [1.82, 2.24) is 0 Å². The van der Waals surface area contributed by atoms with Gasteiger partial charge < -0.3 is 5.11 Å². The summed E-state index contributed by atoms with van der Waals surface area (Å²) < 4.78 is 26.9. The van der Waals surface area contributed by atoms with E-state index in [-0.39, 0.29) is 5.56 Å². The van der Waals surface area contributed by atoms with Crippen LogP contribution in [0.15, 0.2) is 40.9 Å². The van der Waals surface area contributed by atoms with E-state index in [0.717, 1.165) is 22.7 Å². The summed E-state index contributed by atoms with van der Waals surface area (Å²) in [5.41, 5.74) is 0.503. The lowest BCUT2D eigenvalue weighted by molar-refractivity contribution is 0.219. The maximum atomic E-state index is 13.1. The highest BCUT2D eigenvalue weighted by atomic mass is 79.9. The van der Waals surface area contributed by atoms with E-state index in [1.165, 1.54) is 0 Å². The van der Waals surface area contributed by atoms with Gasteiger partial charge in [0.2, 0.25) is 0 Å². The Morgan fingerprint density at radius 3 is 2.28 bits per heavy atom. The molecule has 0 aliphatic carbocycles. The normalized spacial score (nSPS) is 12.5.